The van der Waals surface area contributed by atoms with Gasteiger partial charge in [-0.25, -0.2) is 9.88 Å². The van der Waals surface area contributed by atoms with Crippen LogP contribution in [0.25, 0.3) is 0 Å². The minimum atomic E-state index is -1.66. The van der Waals surface area contributed by atoms with Crippen molar-refractivity contribution in [1.82, 2.24) is 15.3 Å². The van der Waals surface area contributed by atoms with Gasteiger partial charge < -0.3 is 23.8 Å². The number of hydrogen-bond acceptors (Lipinski definition) is 8. The highest BCUT2D eigenvalue weighted by molar-refractivity contribution is 7.45. The van der Waals surface area contributed by atoms with E-state index in [4.69, 9.17) is 18.5 Å². The number of amides is 2. The molecule has 1 saturated heterocycles. The van der Waals surface area contributed by atoms with E-state index in [1.807, 2.05) is 25.1 Å². The molecule has 11 heteroatoms. The van der Waals surface area contributed by atoms with Crippen molar-refractivity contribution in [3.63, 3.8) is 0 Å². The topological polar surface area (TPSA) is 115 Å². The largest absolute Gasteiger partial charge is 0.462 e. The summed E-state index contributed by atoms with van der Waals surface area (Å²) in [7, 11) is -0.155. The minimum Gasteiger partial charge on any atom is -0.462 e. The van der Waals surface area contributed by atoms with Crippen LogP contribution in [0.15, 0.2) is 42.6 Å². The first-order chi connectivity index (χ1) is 15.8. The number of rotatable bonds is 12. The lowest BCUT2D eigenvalue weighted by Crippen LogP contribution is -2.44. The second-order valence-electron chi connectivity index (χ2n) is 7.63. The van der Waals surface area contributed by atoms with Gasteiger partial charge in [-0.2, -0.15) is 0 Å². The summed E-state index contributed by atoms with van der Waals surface area (Å²) in [6, 6.07) is 8.74. The number of urea groups is 1. The van der Waals surface area contributed by atoms with E-state index in [2.05, 4.69) is 10.4 Å². The molecule has 2 N–H and O–H groups in total. The number of benzene rings is 1. The van der Waals surface area contributed by atoms with E-state index in [0.29, 0.717) is 18.5 Å². The number of allylic oxidation sites excluding steroid dienone is 1. The Morgan fingerprint density at radius 2 is 2.03 bits per heavy atom. The van der Waals surface area contributed by atoms with E-state index in [0.717, 1.165) is 0 Å². The molecule has 33 heavy (non-hydrogen) atoms. The predicted molar refractivity (Wildman–Crippen MR) is 123 cm³/mol. The van der Waals surface area contributed by atoms with Gasteiger partial charge in [0.05, 0.1) is 18.8 Å². The van der Waals surface area contributed by atoms with Gasteiger partial charge in [0.2, 0.25) is 0 Å². The van der Waals surface area contributed by atoms with Crippen molar-refractivity contribution in [3.05, 3.63) is 42.6 Å². The van der Waals surface area contributed by atoms with E-state index in [9.17, 15) is 14.4 Å². The molecule has 2 rings (SSSR count). The van der Waals surface area contributed by atoms with Crippen molar-refractivity contribution in [2.75, 3.05) is 20.2 Å². The monoisotopic (exact) mass is 481 g/mol. The fourth-order valence-electron chi connectivity index (χ4n) is 3.16. The molecule has 0 saturated carbocycles. The molecule has 0 spiro atoms. The normalized spacial score (nSPS) is 21.1. The molecule has 0 aliphatic carbocycles. The Labute approximate surface area is 195 Å². The van der Waals surface area contributed by atoms with Gasteiger partial charge in [-0.1, -0.05) is 25.1 Å². The molecule has 2 amide bonds. The van der Waals surface area contributed by atoms with Gasteiger partial charge in [-0.05, 0) is 38.5 Å². The number of carbonyl (C=O) groups excluding carboxylic acids is 3. The van der Waals surface area contributed by atoms with Gasteiger partial charge in [-0.3, -0.25) is 14.5 Å². The summed E-state index contributed by atoms with van der Waals surface area (Å²) in [6.07, 6.45) is 2.78. The van der Waals surface area contributed by atoms with Gasteiger partial charge in [0.25, 0.3) is 0 Å². The van der Waals surface area contributed by atoms with Crippen molar-refractivity contribution in [2.45, 2.75) is 45.6 Å². The fraction of sp³-hybridized carbons (Fsp3) is 0.500. The second kappa shape index (κ2) is 13.9. The van der Waals surface area contributed by atoms with Crippen LogP contribution in [0, 0.1) is 5.92 Å². The highest BCUT2D eigenvalue weighted by Crippen LogP contribution is 2.37. The number of ether oxygens (including phenoxy) is 2. The third kappa shape index (κ3) is 9.09. The molecule has 0 unspecified atom stereocenters. The molecule has 1 aromatic rings. The first kappa shape index (κ1) is 26.7. The van der Waals surface area contributed by atoms with Gasteiger partial charge in [0.15, 0.2) is 0 Å². The van der Waals surface area contributed by atoms with Crippen LogP contribution in [-0.4, -0.2) is 61.8 Å². The molecule has 10 nitrogen and oxygen atoms in total. The standard InChI is InChI=1S/C22H32N3O7P/c1-16(2)30-20(27)14-24-33(32-18-9-6-5-7-10-18)29-15-19-13-17(3)21(31-19)25(11-8-12-26)22(28)23-4/h5-12,16-17,19,21,24H,13-15H2,1-4H3,(H,23,28)/b11-8-/t17-,19-,21+,33+/m0/s1. The van der Waals surface area contributed by atoms with Gasteiger partial charge >= 0.3 is 20.5 Å². The van der Waals surface area contributed by atoms with Gasteiger partial charge in [0.1, 0.15) is 24.8 Å². The molecule has 182 valence electrons. The number of esters is 1. The van der Waals surface area contributed by atoms with Crippen LogP contribution in [0.4, 0.5) is 4.79 Å². The van der Waals surface area contributed by atoms with E-state index in [1.54, 1.807) is 26.0 Å². The summed E-state index contributed by atoms with van der Waals surface area (Å²) in [4.78, 5) is 36.2. The van der Waals surface area contributed by atoms with Crippen LogP contribution in [0.5, 0.6) is 5.75 Å². The zero-order chi connectivity index (χ0) is 24.2. The van der Waals surface area contributed by atoms with E-state index < -0.39 is 20.7 Å². The maximum atomic E-state index is 12.2. The average Bonchev–Trinajstić information content (AvgIpc) is 3.16. The number of carbonyl (C=O) groups is 3. The minimum absolute atomic E-state index is 0.00227. The van der Waals surface area contributed by atoms with Crippen molar-refractivity contribution in [3.8, 4) is 5.75 Å². The number of nitrogens with zero attached hydrogens (tertiary/aromatic N) is 1. The van der Waals surface area contributed by atoms with Crippen LogP contribution in [0.1, 0.15) is 27.2 Å². The Hall–Kier alpha value is -2.52. The molecule has 0 radical (unpaired) electrons. The van der Waals surface area contributed by atoms with Crippen LogP contribution in [0.2, 0.25) is 0 Å². The molecule has 0 bridgehead atoms. The lowest BCUT2D eigenvalue weighted by molar-refractivity contribution is -0.145. The summed E-state index contributed by atoms with van der Waals surface area (Å²) in [5.74, 6) is 0.186. The lowest BCUT2D eigenvalue weighted by atomic mass is 10.1. The number of nitrogens with one attached hydrogen (secondary N) is 2. The average molecular weight is 481 g/mol. The Bertz CT molecular complexity index is 793. The quantitative estimate of drug-likeness (QED) is 0.203. The molecule has 1 heterocycles. The molecule has 0 aromatic heterocycles. The Kier molecular flexibility index (Phi) is 11.3. The summed E-state index contributed by atoms with van der Waals surface area (Å²) in [5.41, 5.74) is 0. The SMILES string of the molecule is CNC(=O)N(/C=C\C=O)[C@@H]1O[C@H](CO[P@@](NCC(=O)OC(C)C)Oc2ccccc2)C[C@@H]1C. The highest BCUT2D eigenvalue weighted by Gasteiger charge is 2.38. The molecule has 1 aliphatic heterocycles. The number of para-hydroxylation sites is 1. The van der Waals surface area contributed by atoms with Crippen LogP contribution >= 0.6 is 8.53 Å². The molecule has 4 atom stereocenters. The summed E-state index contributed by atoms with van der Waals surface area (Å²) in [5, 5.41) is 5.51. The fourth-order valence-corrected chi connectivity index (χ4v) is 4.24. The third-order valence-corrected chi connectivity index (χ3v) is 5.71. The predicted octanol–water partition coefficient (Wildman–Crippen LogP) is 2.96. The highest BCUT2D eigenvalue weighted by atomic mass is 31.2. The van der Waals surface area contributed by atoms with E-state index in [1.165, 1.54) is 24.2 Å². The Morgan fingerprint density at radius 3 is 2.67 bits per heavy atom. The maximum absolute atomic E-state index is 12.2. The third-order valence-electron chi connectivity index (χ3n) is 4.53. The van der Waals surface area contributed by atoms with E-state index >= 15 is 0 Å². The second-order valence-corrected chi connectivity index (χ2v) is 8.90. The van der Waals surface area contributed by atoms with Crippen molar-refractivity contribution in [1.29, 1.82) is 0 Å². The first-order valence-corrected chi connectivity index (χ1v) is 11.9. The Balaban J connectivity index is 1.98. The maximum Gasteiger partial charge on any atom is 0.323 e. The summed E-state index contributed by atoms with van der Waals surface area (Å²) >= 11 is 0. The van der Waals surface area contributed by atoms with Crippen LogP contribution in [0.3, 0.4) is 0 Å². The molecule has 1 aliphatic rings. The summed E-state index contributed by atoms with van der Waals surface area (Å²) < 4.78 is 23.0. The first-order valence-electron chi connectivity index (χ1n) is 10.7. The van der Waals surface area contributed by atoms with Gasteiger partial charge in [-0.15, -0.1) is 0 Å². The van der Waals surface area contributed by atoms with Crippen molar-refractivity contribution >= 4 is 26.8 Å². The van der Waals surface area contributed by atoms with Crippen molar-refractivity contribution in [2.24, 2.45) is 5.92 Å². The molecular formula is C22H32N3O7P. The molecular weight excluding hydrogens is 449 g/mol. The smallest absolute Gasteiger partial charge is 0.323 e. The van der Waals surface area contributed by atoms with E-state index in [-0.39, 0.29) is 37.3 Å². The van der Waals surface area contributed by atoms with Crippen molar-refractivity contribution < 1.29 is 32.9 Å². The van der Waals surface area contributed by atoms with Gasteiger partial charge in [0, 0.05) is 19.2 Å². The lowest BCUT2D eigenvalue weighted by Gasteiger charge is -2.27. The van der Waals surface area contributed by atoms with Crippen LogP contribution in [-0.2, 0) is 23.6 Å². The molecule has 1 fully saturated rings. The number of aldehydes is 1. The van der Waals surface area contributed by atoms with Crippen LogP contribution < -0.4 is 14.9 Å². The zero-order valence-electron chi connectivity index (χ0n) is 19.3. The summed E-state index contributed by atoms with van der Waals surface area (Å²) in [6.45, 7) is 5.63. The molecule has 1 aromatic carbocycles. The Morgan fingerprint density at radius 1 is 1.30 bits per heavy atom. The zero-order valence-corrected chi connectivity index (χ0v) is 20.2. The number of hydrogen-bond donors (Lipinski definition) is 2.